The molecule has 0 radical (unpaired) electrons. The zero-order valence-corrected chi connectivity index (χ0v) is 13.2. The molecule has 1 aliphatic heterocycles. The third-order valence-corrected chi connectivity index (χ3v) is 3.99. The van der Waals surface area contributed by atoms with Crippen LogP contribution in [-0.4, -0.2) is 25.3 Å². The number of halogens is 2. The summed E-state index contributed by atoms with van der Waals surface area (Å²) in [6.07, 6.45) is 1.64. The standard InChI is InChI=1S/C16H23ClFNO/c1-15(2,3)19-10-16(6-7-20-11-16)9-12-4-5-13(17)8-14(12)18/h4-5,8,19H,6-7,9-11H2,1-3H3. The second-order valence-corrected chi connectivity index (χ2v) is 7.26. The smallest absolute Gasteiger partial charge is 0.127 e. The maximum atomic E-state index is 14.0. The van der Waals surface area contributed by atoms with E-state index in [0.717, 1.165) is 25.1 Å². The summed E-state index contributed by atoms with van der Waals surface area (Å²) in [6, 6.07) is 4.92. The lowest BCUT2D eigenvalue weighted by Gasteiger charge is -2.32. The Balaban J connectivity index is 2.12. The van der Waals surface area contributed by atoms with Crippen molar-refractivity contribution in [3.63, 3.8) is 0 Å². The largest absolute Gasteiger partial charge is 0.381 e. The predicted octanol–water partition coefficient (Wildman–Crippen LogP) is 3.82. The Bertz CT molecular complexity index is 464. The fourth-order valence-electron chi connectivity index (χ4n) is 2.51. The molecule has 2 rings (SSSR count). The lowest BCUT2D eigenvalue weighted by atomic mass is 9.80. The highest BCUT2D eigenvalue weighted by molar-refractivity contribution is 6.30. The monoisotopic (exact) mass is 299 g/mol. The van der Waals surface area contributed by atoms with E-state index in [2.05, 4.69) is 26.1 Å². The van der Waals surface area contributed by atoms with Crippen LogP contribution in [0.1, 0.15) is 32.8 Å². The van der Waals surface area contributed by atoms with Crippen molar-refractivity contribution in [2.24, 2.45) is 5.41 Å². The quantitative estimate of drug-likeness (QED) is 0.912. The lowest BCUT2D eigenvalue weighted by molar-refractivity contribution is 0.143. The number of benzene rings is 1. The molecule has 0 bridgehead atoms. The highest BCUT2D eigenvalue weighted by Crippen LogP contribution is 2.33. The molecule has 20 heavy (non-hydrogen) atoms. The Kier molecular flexibility index (Phi) is 4.73. The summed E-state index contributed by atoms with van der Waals surface area (Å²) >= 11 is 5.81. The molecule has 1 heterocycles. The van der Waals surface area contributed by atoms with Gasteiger partial charge in [0.1, 0.15) is 5.82 Å². The van der Waals surface area contributed by atoms with Gasteiger partial charge >= 0.3 is 0 Å². The molecule has 4 heteroatoms. The summed E-state index contributed by atoms with van der Waals surface area (Å²) in [4.78, 5) is 0. The second-order valence-electron chi connectivity index (χ2n) is 6.82. The molecule has 1 fully saturated rings. The van der Waals surface area contributed by atoms with Crippen LogP contribution in [0.2, 0.25) is 5.02 Å². The van der Waals surface area contributed by atoms with Gasteiger partial charge < -0.3 is 10.1 Å². The van der Waals surface area contributed by atoms with Gasteiger partial charge in [-0.3, -0.25) is 0 Å². The average molecular weight is 300 g/mol. The van der Waals surface area contributed by atoms with Gasteiger partial charge in [0, 0.05) is 29.1 Å². The van der Waals surface area contributed by atoms with Gasteiger partial charge in [0.25, 0.3) is 0 Å². The first-order valence-corrected chi connectivity index (χ1v) is 7.44. The van der Waals surface area contributed by atoms with Gasteiger partial charge in [-0.1, -0.05) is 17.7 Å². The van der Waals surface area contributed by atoms with Crippen molar-refractivity contribution in [2.45, 2.75) is 39.2 Å². The molecule has 0 spiro atoms. The minimum atomic E-state index is -0.223. The van der Waals surface area contributed by atoms with Gasteiger partial charge in [0.2, 0.25) is 0 Å². The van der Waals surface area contributed by atoms with Gasteiger partial charge in [-0.2, -0.15) is 0 Å². The normalized spacial score (nSPS) is 23.2. The van der Waals surface area contributed by atoms with Gasteiger partial charge in [-0.15, -0.1) is 0 Å². The highest BCUT2D eigenvalue weighted by atomic mass is 35.5. The van der Waals surface area contributed by atoms with Crippen LogP contribution in [-0.2, 0) is 11.2 Å². The fraction of sp³-hybridized carbons (Fsp3) is 0.625. The van der Waals surface area contributed by atoms with Crippen molar-refractivity contribution >= 4 is 11.6 Å². The minimum Gasteiger partial charge on any atom is -0.381 e. The van der Waals surface area contributed by atoms with E-state index < -0.39 is 0 Å². The lowest BCUT2D eigenvalue weighted by Crippen LogP contribution is -2.45. The van der Waals surface area contributed by atoms with E-state index in [4.69, 9.17) is 16.3 Å². The van der Waals surface area contributed by atoms with Crippen molar-refractivity contribution in [3.05, 3.63) is 34.6 Å². The van der Waals surface area contributed by atoms with Gasteiger partial charge in [-0.05, 0) is 51.3 Å². The Hall–Kier alpha value is -0.640. The van der Waals surface area contributed by atoms with E-state index in [1.807, 2.05) is 0 Å². The van der Waals surface area contributed by atoms with Crippen molar-refractivity contribution in [3.8, 4) is 0 Å². The zero-order chi connectivity index (χ0) is 14.8. The summed E-state index contributed by atoms with van der Waals surface area (Å²) in [6.45, 7) is 8.68. The third kappa shape index (κ3) is 4.18. The van der Waals surface area contributed by atoms with E-state index in [1.165, 1.54) is 6.07 Å². The van der Waals surface area contributed by atoms with E-state index in [1.54, 1.807) is 12.1 Å². The fourth-order valence-corrected chi connectivity index (χ4v) is 2.67. The first kappa shape index (κ1) is 15.7. The minimum absolute atomic E-state index is 0.0258. The second kappa shape index (κ2) is 6.00. The molecule has 0 aliphatic carbocycles. The third-order valence-electron chi connectivity index (χ3n) is 3.76. The molecule has 1 saturated heterocycles. The SMILES string of the molecule is CC(C)(C)NCC1(Cc2ccc(Cl)cc2F)CCOC1. The molecule has 0 amide bonds. The molecule has 1 aromatic carbocycles. The van der Waals surface area contributed by atoms with E-state index in [0.29, 0.717) is 18.1 Å². The van der Waals surface area contributed by atoms with Crippen LogP contribution in [0.25, 0.3) is 0 Å². The van der Waals surface area contributed by atoms with Gasteiger partial charge in [-0.25, -0.2) is 4.39 Å². The number of hydrogen-bond donors (Lipinski definition) is 1. The van der Waals surface area contributed by atoms with Gasteiger partial charge in [0.05, 0.1) is 6.61 Å². The van der Waals surface area contributed by atoms with Crippen LogP contribution in [0.5, 0.6) is 0 Å². The Labute approximate surface area is 125 Å². The number of rotatable bonds is 4. The van der Waals surface area contributed by atoms with Crippen molar-refractivity contribution < 1.29 is 9.13 Å². The summed E-state index contributed by atoms with van der Waals surface area (Å²) in [5.74, 6) is -0.223. The maximum absolute atomic E-state index is 14.0. The molecule has 0 aromatic heterocycles. The predicted molar refractivity (Wildman–Crippen MR) is 80.7 cm³/mol. The van der Waals surface area contributed by atoms with Crippen LogP contribution in [0.15, 0.2) is 18.2 Å². The van der Waals surface area contributed by atoms with Crippen LogP contribution in [0, 0.1) is 11.2 Å². The summed E-state index contributed by atoms with van der Waals surface area (Å²) in [7, 11) is 0. The van der Waals surface area contributed by atoms with E-state index >= 15 is 0 Å². The molecule has 1 unspecified atom stereocenters. The highest BCUT2D eigenvalue weighted by Gasteiger charge is 2.36. The molecule has 112 valence electrons. The topological polar surface area (TPSA) is 21.3 Å². The molecule has 0 saturated carbocycles. The Morgan fingerprint density at radius 1 is 1.40 bits per heavy atom. The van der Waals surface area contributed by atoms with Crippen LogP contribution >= 0.6 is 11.6 Å². The van der Waals surface area contributed by atoms with Gasteiger partial charge in [0.15, 0.2) is 0 Å². The molecule has 2 nitrogen and oxygen atoms in total. The number of nitrogens with one attached hydrogen (secondary N) is 1. The van der Waals surface area contributed by atoms with Crippen LogP contribution < -0.4 is 5.32 Å². The zero-order valence-electron chi connectivity index (χ0n) is 12.4. The molecular weight excluding hydrogens is 277 g/mol. The molecule has 1 aliphatic rings. The van der Waals surface area contributed by atoms with E-state index in [-0.39, 0.29) is 16.8 Å². The van der Waals surface area contributed by atoms with Crippen LogP contribution in [0.3, 0.4) is 0 Å². The maximum Gasteiger partial charge on any atom is 0.127 e. The van der Waals surface area contributed by atoms with Crippen molar-refractivity contribution in [1.29, 1.82) is 0 Å². The number of hydrogen-bond acceptors (Lipinski definition) is 2. The van der Waals surface area contributed by atoms with E-state index in [9.17, 15) is 4.39 Å². The average Bonchev–Trinajstić information content (AvgIpc) is 2.79. The number of ether oxygens (including phenoxy) is 1. The first-order valence-electron chi connectivity index (χ1n) is 7.06. The summed E-state index contributed by atoms with van der Waals surface area (Å²) in [5.41, 5.74) is 0.742. The molecule has 1 atom stereocenters. The first-order chi connectivity index (χ1) is 9.30. The molecular formula is C16H23ClFNO. The molecule has 1 aromatic rings. The summed E-state index contributed by atoms with van der Waals surface area (Å²) < 4.78 is 19.6. The van der Waals surface area contributed by atoms with Crippen molar-refractivity contribution in [2.75, 3.05) is 19.8 Å². The Morgan fingerprint density at radius 2 is 2.15 bits per heavy atom. The summed E-state index contributed by atoms with van der Waals surface area (Å²) in [5, 5.41) is 3.97. The Morgan fingerprint density at radius 3 is 2.70 bits per heavy atom. The molecule has 1 N–H and O–H groups in total. The van der Waals surface area contributed by atoms with Crippen molar-refractivity contribution in [1.82, 2.24) is 5.32 Å². The van der Waals surface area contributed by atoms with Crippen LogP contribution in [0.4, 0.5) is 4.39 Å².